The summed E-state index contributed by atoms with van der Waals surface area (Å²) in [6.45, 7) is 3.84. The number of nitrogens with one attached hydrogen (secondary N) is 1. The summed E-state index contributed by atoms with van der Waals surface area (Å²) in [4.78, 5) is 43.2. The van der Waals surface area contributed by atoms with Crippen LogP contribution in [0.5, 0.6) is 0 Å². The molecule has 2 amide bonds. The molecule has 4 rings (SSSR count). The molecule has 1 aliphatic rings. The number of pyridine rings is 1. The lowest BCUT2D eigenvalue weighted by Gasteiger charge is -2.23. The van der Waals surface area contributed by atoms with E-state index >= 15 is 0 Å². The van der Waals surface area contributed by atoms with E-state index in [0.717, 1.165) is 0 Å². The molecule has 188 valence electrons. The van der Waals surface area contributed by atoms with Crippen LogP contribution >= 0.6 is 0 Å². The lowest BCUT2D eigenvalue weighted by molar-refractivity contribution is -0.137. The molecule has 0 aromatic carbocycles. The number of aliphatic hydroxyl groups is 2. The van der Waals surface area contributed by atoms with Crippen molar-refractivity contribution in [1.29, 1.82) is 0 Å². The van der Waals surface area contributed by atoms with Crippen molar-refractivity contribution in [2.75, 3.05) is 19.3 Å². The number of nitrogens with two attached hydrogens (primary N) is 1. The molecular weight excluding hydrogens is 468 g/mol. The topological polar surface area (TPSA) is 182 Å². The van der Waals surface area contributed by atoms with E-state index in [1.165, 1.54) is 17.9 Å². The summed E-state index contributed by atoms with van der Waals surface area (Å²) in [5.41, 5.74) is 6.80. The van der Waals surface area contributed by atoms with Gasteiger partial charge in [0.1, 0.15) is 23.4 Å². The van der Waals surface area contributed by atoms with Gasteiger partial charge in [0.15, 0.2) is 23.8 Å². The summed E-state index contributed by atoms with van der Waals surface area (Å²) in [5.74, 6) is 4.97. The van der Waals surface area contributed by atoms with Crippen molar-refractivity contribution < 1.29 is 24.5 Å². The van der Waals surface area contributed by atoms with Crippen LogP contribution in [0.25, 0.3) is 11.2 Å². The van der Waals surface area contributed by atoms with Crippen LogP contribution in [0.15, 0.2) is 30.7 Å². The van der Waals surface area contributed by atoms with Gasteiger partial charge in [-0.2, -0.15) is 0 Å². The van der Waals surface area contributed by atoms with Gasteiger partial charge in [0, 0.05) is 19.3 Å². The Labute approximate surface area is 206 Å². The maximum absolute atomic E-state index is 12.8. The Balaban J connectivity index is 1.60. The highest BCUT2D eigenvalue weighted by Gasteiger charge is 2.47. The number of nitrogens with zero attached hydrogens (tertiary/aromatic N) is 6. The maximum atomic E-state index is 12.8. The number of hydrogen-bond acceptors (Lipinski definition) is 10. The van der Waals surface area contributed by atoms with Crippen LogP contribution in [0.4, 0.5) is 5.82 Å². The maximum Gasteiger partial charge on any atom is 0.273 e. The van der Waals surface area contributed by atoms with E-state index in [2.05, 4.69) is 37.1 Å². The van der Waals surface area contributed by atoms with Crippen LogP contribution in [-0.2, 0) is 9.53 Å². The minimum atomic E-state index is -1.45. The molecule has 0 aliphatic carbocycles. The zero-order chi connectivity index (χ0) is 26.0. The second-order valence-electron chi connectivity index (χ2n) is 8.34. The summed E-state index contributed by atoms with van der Waals surface area (Å²) in [6.07, 6.45) is -2.42. The van der Waals surface area contributed by atoms with Gasteiger partial charge in [-0.25, -0.2) is 15.0 Å². The van der Waals surface area contributed by atoms with Crippen LogP contribution < -0.4 is 11.1 Å². The number of anilines is 1. The smallest absolute Gasteiger partial charge is 0.273 e. The second kappa shape index (κ2) is 10.2. The Morgan fingerprint density at radius 2 is 2.03 bits per heavy atom. The number of carbonyl (C=O) groups is 2. The fourth-order valence-electron chi connectivity index (χ4n) is 3.76. The minimum Gasteiger partial charge on any atom is -0.387 e. The highest BCUT2D eigenvalue weighted by molar-refractivity contribution is 5.92. The van der Waals surface area contributed by atoms with E-state index < -0.39 is 30.4 Å². The van der Waals surface area contributed by atoms with E-state index in [-0.39, 0.29) is 41.3 Å². The number of aromatic nitrogens is 5. The van der Waals surface area contributed by atoms with Crippen molar-refractivity contribution in [1.82, 2.24) is 34.7 Å². The first kappa shape index (κ1) is 25.0. The minimum absolute atomic E-state index is 0.0456. The van der Waals surface area contributed by atoms with Gasteiger partial charge in [-0.05, 0) is 31.9 Å². The van der Waals surface area contributed by atoms with Gasteiger partial charge in [0.25, 0.3) is 11.8 Å². The van der Waals surface area contributed by atoms with Gasteiger partial charge in [-0.15, -0.1) is 0 Å². The molecule has 0 radical (unpaired) electrons. The number of likely N-dealkylation sites (N-methyl/N-ethyl adjacent to an activating group) is 1. The third-order valence-corrected chi connectivity index (χ3v) is 5.68. The molecule has 13 heteroatoms. The summed E-state index contributed by atoms with van der Waals surface area (Å²) in [5, 5.41) is 23.1. The Hall–Kier alpha value is -4.12. The monoisotopic (exact) mass is 494 g/mol. The Kier molecular flexibility index (Phi) is 7.11. The van der Waals surface area contributed by atoms with Crippen molar-refractivity contribution in [3.8, 4) is 11.8 Å². The van der Waals surface area contributed by atoms with Crippen molar-refractivity contribution in [3.05, 3.63) is 42.2 Å². The quantitative estimate of drug-likeness (QED) is 0.323. The normalized spacial score (nSPS) is 21.3. The number of imidazole rings is 1. The van der Waals surface area contributed by atoms with Gasteiger partial charge in [-0.1, -0.05) is 12.0 Å². The molecule has 1 aliphatic heterocycles. The van der Waals surface area contributed by atoms with Gasteiger partial charge >= 0.3 is 0 Å². The SMILES string of the molecule is CNC(=O)[C@H]1O[C@@H](n2cnc3c(N)nc(C#CCN(C(=O)c4ccccn4)C(C)C)nc32)[C@H](O)[C@@H]1O. The number of rotatable bonds is 5. The number of carbonyl (C=O) groups excluding carboxylic acids is 2. The van der Waals surface area contributed by atoms with Gasteiger partial charge in [0.2, 0.25) is 5.82 Å². The van der Waals surface area contributed by atoms with Crippen LogP contribution in [0, 0.1) is 11.8 Å². The van der Waals surface area contributed by atoms with E-state index in [1.54, 1.807) is 29.3 Å². The van der Waals surface area contributed by atoms with Gasteiger partial charge in [0.05, 0.1) is 12.9 Å². The fourth-order valence-corrected chi connectivity index (χ4v) is 3.76. The first-order chi connectivity index (χ1) is 17.2. The summed E-state index contributed by atoms with van der Waals surface area (Å²) < 4.78 is 6.96. The predicted octanol–water partition coefficient (Wildman–Crippen LogP) is -0.929. The zero-order valence-electron chi connectivity index (χ0n) is 19.9. The molecule has 0 bridgehead atoms. The van der Waals surface area contributed by atoms with E-state index in [9.17, 15) is 19.8 Å². The molecule has 0 spiro atoms. The molecule has 13 nitrogen and oxygen atoms in total. The number of nitrogen functional groups attached to an aromatic ring is 1. The number of fused-ring (bicyclic) bond motifs is 1. The molecule has 3 aromatic rings. The third kappa shape index (κ3) is 4.69. The zero-order valence-corrected chi connectivity index (χ0v) is 19.9. The van der Waals surface area contributed by atoms with Crippen LogP contribution in [0.3, 0.4) is 0 Å². The number of hydrogen-bond donors (Lipinski definition) is 4. The number of amides is 2. The van der Waals surface area contributed by atoms with Crippen LogP contribution in [0.1, 0.15) is 36.4 Å². The average molecular weight is 495 g/mol. The Bertz CT molecular complexity index is 1330. The molecular formula is C23H26N8O5. The Morgan fingerprint density at radius 3 is 2.69 bits per heavy atom. The van der Waals surface area contributed by atoms with E-state index in [1.807, 2.05) is 13.8 Å². The highest BCUT2D eigenvalue weighted by Crippen LogP contribution is 2.32. The van der Waals surface area contributed by atoms with Crippen molar-refractivity contribution in [2.24, 2.45) is 0 Å². The van der Waals surface area contributed by atoms with Gasteiger partial charge in [-0.3, -0.25) is 19.1 Å². The summed E-state index contributed by atoms with van der Waals surface area (Å²) in [6, 6.07) is 4.97. The first-order valence-electron chi connectivity index (χ1n) is 11.2. The lowest BCUT2D eigenvalue weighted by atomic mass is 10.1. The van der Waals surface area contributed by atoms with Crippen LogP contribution in [0.2, 0.25) is 0 Å². The number of aliphatic hydroxyl groups excluding tert-OH is 2. The molecule has 4 atom stereocenters. The van der Waals surface area contributed by atoms with E-state index in [4.69, 9.17) is 10.5 Å². The molecule has 5 N–H and O–H groups in total. The molecule has 4 heterocycles. The number of ether oxygens (including phenoxy) is 1. The van der Waals surface area contributed by atoms with Crippen molar-refractivity contribution in [3.63, 3.8) is 0 Å². The lowest BCUT2D eigenvalue weighted by Crippen LogP contribution is -2.41. The van der Waals surface area contributed by atoms with E-state index in [0.29, 0.717) is 5.69 Å². The molecule has 0 unspecified atom stereocenters. The Morgan fingerprint density at radius 1 is 1.25 bits per heavy atom. The highest BCUT2D eigenvalue weighted by atomic mass is 16.6. The third-order valence-electron chi connectivity index (χ3n) is 5.68. The molecule has 1 fully saturated rings. The fraction of sp³-hybridized carbons (Fsp3) is 0.391. The van der Waals surface area contributed by atoms with Crippen molar-refractivity contribution >= 4 is 28.8 Å². The molecule has 1 saturated heterocycles. The second-order valence-corrected chi connectivity index (χ2v) is 8.34. The van der Waals surface area contributed by atoms with Crippen LogP contribution in [-0.4, -0.2) is 89.4 Å². The summed E-state index contributed by atoms with van der Waals surface area (Å²) in [7, 11) is 1.40. The summed E-state index contributed by atoms with van der Waals surface area (Å²) >= 11 is 0. The standard InChI is InChI=1S/C23H26N8O5/c1-12(2)30(22(35)13-7-4-5-9-26-13)10-6-8-14-28-19(24)15-20(29-14)31(11-27-15)23-17(33)16(32)18(36-23)21(34)25-3/h4-5,7,9,11-12,16-18,23,32-33H,10H2,1-3H3,(H,25,34)(H2,24,28,29)/t16-,17+,18-,23+/m0/s1. The predicted molar refractivity (Wildman–Crippen MR) is 127 cm³/mol. The largest absolute Gasteiger partial charge is 0.387 e. The first-order valence-corrected chi connectivity index (χ1v) is 11.2. The molecule has 36 heavy (non-hydrogen) atoms. The molecule has 0 saturated carbocycles. The van der Waals surface area contributed by atoms with Crippen molar-refractivity contribution in [2.45, 2.75) is 44.4 Å². The average Bonchev–Trinajstić information content (AvgIpc) is 3.42. The van der Waals surface area contributed by atoms with Gasteiger partial charge < -0.3 is 30.9 Å². The molecule has 3 aromatic heterocycles.